The van der Waals surface area contributed by atoms with E-state index in [-0.39, 0.29) is 19.4 Å². The summed E-state index contributed by atoms with van der Waals surface area (Å²) in [6, 6.07) is -1.53. The number of hydrogen-bond donors (Lipinski definition) is 3. The van der Waals surface area contributed by atoms with Crippen LogP contribution >= 0.6 is 7.82 Å². The summed E-state index contributed by atoms with van der Waals surface area (Å²) in [6.07, 6.45) is 45.0. The minimum absolute atomic E-state index is 0.0913. The standard InChI is InChI=1S/C46H84NO10P/c1-3-5-7-9-11-13-15-17-19-21-23-25-27-29-31-33-35-37-44(48)54-39-42(40-55-58(52,53)56-41-43(47)46(50)51)57-45(49)38-36-34-32-30-28-26-24-22-20-18-16-14-12-10-8-6-4-2/h18,20,24,26,30,32,42-43H,3-17,19,21-23,25,27-29,31,33-41,47H2,1-2H3,(H,50,51)(H,52,53)/b20-18+,26-24+,32-30+/t42-,43+/m1/s1. The maximum absolute atomic E-state index is 12.6. The Hall–Kier alpha value is -2.30. The van der Waals surface area contributed by atoms with Crippen molar-refractivity contribution in [2.75, 3.05) is 19.8 Å². The molecule has 4 N–H and O–H groups in total. The third-order valence-corrected chi connectivity index (χ3v) is 10.8. The van der Waals surface area contributed by atoms with Crippen LogP contribution in [0.4, 0.5) is 0 Å². The third kappa shape index (κ3) is 40.5. The second-order valence-corrected chi connectivity index (χ2v) is 17.0. The monoisotopic (exact) mass is 842 g/mol. The van der Waals surface area contributed by atoms with Crippen molar-refractivity contribution in [1.29, 1.82) is 0 Å². The maximum atomic E-state index is 12.6. The summed E-state index contributed by atoms with van der Waals surface area (Å²) in [4.78, 5) is 46.0. The Balaban J connectivity index is 4.39. The van der Waals surface area contributed by atoms with Crippen LogP contribution in [0.5, 0.6) is 0 Å². The largest absolute Gasteiger partial charge is 0.480 e. The lowest BCUT2D eigenvalue weighted by atomic mass is 10.0. The molecule has 58 heavy (non-hydrogen) atoms. The van der Waals surface area contributed by atoms with Crippen molar-refractivity contribution in [3.05, 3.63) is 36.5 Å². The number of carboxylic acid groups (broad SMARTS) is 1. The molecule has 0 aliphatic carbocycles. The lowest BCUT2D eigenvalue weighted by molar-refractivity contribution is -0.161. The van der Waals surface area contributed by atoms with E-state index in [2.05, 4.69) is 42.7 Å². The molecule has 0 amide bonds. The molecule has 0 aromatic heterocycles. The van der Waals surface area contributed by atoms with Gasteiger partial charge in [-0.3, -0.25) is 23.4 Å². The van der Waals surface area contributed by atoms with Gasteiger partial charge in [0.1, 0.15) is 12.6 Å². The van der Waals surface area contributed by atoms with Gasteiger partial charge < -0.3 is 25.2 Å². The molecule has 0 saturated heterocycles. The number of unbranched alkanes of at least 4 members (excludes halogenated alkanes) is 23. The molecule has 1 unspecified atom stereocenters. The van der Waals surface area contributed by atoms with Gasteiger partial charge in [0.05, 0.1) is 13.2 Å². The number of hydrogen-bond acceptors (Lipinski definition) is 9. The molecular weight excluding hydrogens is 757 g/mol. The number of phosphoric acid groups is 1. The lowest BCUT2D eigenvalue weighted by Gasteiger charge is -2.20. The van der Waals surface area contributed by atoms with Crippen molar-refractivity contribution in [2.45, 2.75) is 219 Å². The number of allylic oxidation sites excluding steroid dienone is 6. The second-order valence-electron chi connectivity index (χ2n) is 15.5. The van der Waals surface area contributed by atoms with E-state index >= 15 is 0 Å². The first-order chi connectivity index (χ1) is 28.1. The van der Waals surface area contributed by atoms with Gasteiger partial charge in [0.25, 0.3) is 0 Å². The van der Waals surface area contributed by atoms with Gasteiger partial charge in [-0.2, -0.15) is 0 Å². The first-order valence-electron chi connectivity index (χ1n) is 23.0. The van der Waals surface area contributed by atoms with Gasteiger partial charge >= 0.3 is 25.7 Å². The number of aliphatic carboxylic acids is 1. The van der Waals surface area contributed by atoms with E-state index in [9.17, 15) is 23.8 Å². The minimum atomic E-state index is -4.73. The Labute approximate surface area is 353 Å². The normalized spacial score (nSPS) is 14.0. The fourth-order valence-corrected chi connectivity index (χ4v) is 7.04. The molecule has 338 valence electrons. The zero-order valence-corrected chi connectivity index (χ0v) is 37.5. The first kappa shape index (κ1) is 55.7. The predicted octanol–water partition coefficient (Wildman–Crippen LogP) is 12.4. The van der Waals surface area contributed by atoms with Crippen LogP contribution in [-0.2, 0) is 37.5 Å². The summed E-state index contributed by atoms with van der Waals surface area (Å²) >= 11 is 0. The second kappa shape index (κ2) is 41.4. The Bertz CT molecular complexity index is 1130. The van der Waals surface area contributed by atoms with Crippen molar-refractivity contribution >= 4 is 25.7 Å². The van der Waals surface area contributed by atoms with E-state index < -0.39 is 51.1 Å². The summed E-state index contributed by atoms with van der Waals surface area (Å²) in [5.41, 5.74) is 5.33. The SMILES string of the molecule is CCCCCCCC/C=C/C/C=C/C/C=C/CCCC(=O)O[C@H](COC(=O)CCCCCCCCCCCCCCCCCCC)COP(=O)(O)OC[C@H](N)C(=O)O. The molecule has 0 saturated carbocycles. The van der Waals surface area contributed by atoms with Gasteiger partial charge in [0, 0.05) is 12.8 Å². The minimum Gasteiger partial charge on any atom is -0.480 e. The highest BCUT2D eigenvalue weighted by Crippen LogP contribution is 2.43. The molecule has 0 aliphatic heterocycles. The van der Waals surface area contributed by atoms with E-state index in [1.165, 1.54) is 122 Å². The highest BCUT2D eigenvalue weighted by Gasteiger charge is 2.28. The average Bonchev–Trinajstić information content (AvgIpc) is 3.20. The Kier molecular flexibility index (Phi) is 39.8. The molecule has 0 heterocycles. The summed E-state index contributed by atoms with van der Waals surface area (Å²) in [7, 11) is -4.73. The molecule has 3 atom stereocenters. The van der Waals surface area contributed by atoms with Crippen LogP contribution in [-0.4, -0.2) is 59.9 Å². The molecule has 0 rings (SSSR count). The topological polar surface area (TPSA) is 172 Å². The number of carboxylic acids is 1. The summed E-state index contributed by atoms with van der Waals surface area (Å²) < 4.78 is 32.7. The summed E-state index contributed by atoms with van der Waals surface area (Å²) in [5, 5.41) is 8.89. The van der Waals surface area contributed by atoms with E-state index in [1.807, 2.05) is 12.2 Å². The van der Waals surface area contributed by atoms with Gasteiger partial charge in [-0.15, -0.1) is 0 Å². The zero-order valence-electron chi connectivity index (χ0n) is 36.6. The van der Waals surface area contributed by atoms with Crippen molar-refractivity contribution in [3.8, 4) is 0 Å². The molecule has 0 aromatic rings. The Morgan fingerprint density at radius 3 is 1.41 bits per heavy atom. The van der Waals surface area contributed by atoms with Crippen molar-refractivity contribution in [3.63, 3.8) is 0 Å². The van der Waals surface area contributed by atoms with Crippen LogP contribution in [0, 0.1) is 0 Å². The quantitative estimate of drug-likeness (QED) is 0.0231. The van der Waals surface area contributed by atoms with Gasteiger partial charge in [-0.25, -0.2) is 4.57 Å². The molecule has 0 aromatic carbocycles. The molecule has 0 fully saturated rings. The summed E-state index contributed by atoms with van der Waals surface area (Å²) in [6.45, 7) is 2.77. The van der Waals surface area contributed by atoms with Gasteiger partial charge in [-0.05, 0) is 44.9 Å². The number of carbonyl (C=O) groups excluding carboxylic acids is 2. The van der Waals surface area contributed by atoms with Crippen LogP contribution < -0.4 is 5.73 Å². The van der Waals surface area contributed by atoms with Crippen LogP contribution in [0.2, 0.25) is 0 Å². The molecule has 0 radical (unpaired) electrons. The molecule has 12 heteroatoms. The van der Waals surface area contributed by atoms with Crippen LogP contribution in [0.25, 0.3) is 0 Å². The summed E-state index contributed by atoms with van der Waals surface area (Å²) in [5.74, 6) is -2.44. The average molecular weight is 842 g/mol. The van der Waals surface area contributed by atoms with Crippen molar-refractivity contribution in [2.24, 2.45) is 5.73 Å². The van der Waals surface area contributed by atoms with E-state index in [0.717, 1.165) is 38.5 Å². The highest BCUT2D eigenvalue weighted by molar-refractivity contribution is 7.47. The van der Waals surface area contributed by atoms with Gasteiger partial charge in [0.15, 0.2) is 6.10 Å². The number of rotatable bonds is 43. The first-order valence-corrected chi connectivity index (χ1v) is 24.5. The van der Waals surface area contributed by atoms with Crippen LogP contribution in [0.15, 0.2) is 36.5 Å². The zero-order chi connectivity index (χ0) is 42.8. The maximum Gasteiger partial charge on any atom is 0.472 e. The lowest BCUT2D eigenvalue weighted by Crippen LogP contribution is -2.34. The van der Waals surface area contributed by atoms with Crippen LogP contribution in [0.1, 0.15) is 206 Å². The number of carbonyl (C=O) groups is 3. The van der Waals surface area contributed by atoms with Gasteiger partial charge in [0.2, 0.25) is 0 Å². The van der Waals surface area contributed by atoms with Crippen LogP contribution in [0.3, 0.4) is 0 Å². The fourth-order valence-electron chi connectivity index (χ4n) is 6.26. The fraction of sp³-hybridized carbons (Fsp3) is 0.804. The van der Waals surface area contributed by atoms with Crippen molar-refractivity contribution < 1.29 is 47.5 Å². The molecular formula is C46H84NO10P. The Morgan fingerprint density at radius 1 is 0.534 bits per heavy atom. The van der Waals surface area contributed by atoms with Crippen molar-refractivity contribution in [1.82, 2.24) is 0 Å². The van der Waals surface area contributed by atoms with E-state index in [4.69, 9.17) is 24.8 Å². The van der Waals surface area contributed by atoms with E-state index in [1.54, 1.807) is 0 Å². The highest BCUT2D eigenvalue weighted by atomic mass is 31.2. The van der Waals surface area contributed by atoms with Gasteiger partial charge in [-0.1, -0.05) is 185 Å². The van der Waals surface area contributed by atoms with E-state index in [0.29, 0.717) is 19.3 Å². The molecule has 11 nitrogen and oxygen atoms in total. The molecule has 0 aliphatic rings. The number of nitrogens with two attached hydrogens (primary N) is 1. The Morgan fingerprint density at radius 2 is 0.931 bits per heavy atom. The predicted molar refractivity (Wildman–Crippen MR) is 235 cm³/mol. The molecule has 0 bridgehead atoms. The number of ether oxygens (including phenoxy) is 2. The molecule has 0 spiro atoms. The number of esters is 2. The number of phosphoric ester groups is 1. The third-order valence-electron chi connectivity index (χ3n) is 9.89. The smallest absolute Gasteiger partial charge is 0.472 e.